The van der Waals surface area contributed by atoms with Crippen molar-refractivity contribution in [1.82, 2.24) is 9.97 Å². The zero-order chi connectivity index (χ0) is 31.5. The molecule has 2 aromatic carbocycles. The first-order valence-electron chi connectivity index (χ1n) is 15.0. The number of hydrogen-bond donors (Lipinski definition) is 1. The van der Waals surface area contributed by atoms with Gasteiger partial charge >= 0.3 is 5.66 Å². The van der Waals surface area contributed by atoms with Gasteiger partial charge in [0.2, 0.25) is 8.38 Å². The summed E-state index contributed by atoms with van der Waals surface area (Å²) in [5.41, 5.74) is 9.43. The number of alkyl halides is 2. The smallest absolute Gasteiger partial charge is 0.317 e. The van der Waals surface area contributed by atoms with Gasteiger partial charge < -0.3 is 29.0 Å². The molecular formula is C33H42F2N3O5P. The number of fused-ring (bicyclic) bond motifs is 3. The minimum atomic E-state index is -3.06. The van der Waals surface area contributed by atoms with E-state index in [9.17, 15) is 8.78 Å². The van der Waals surface area contributed by atoms with Gasteiger partial charge in [0.05, 0.1) is 45.2 Å². The Morgan fingerprint density at radius 1 is 0.841 bits per heavy atom. The van der Waals surface area contributed by atoms with Crippen molar-refractivity contribution in [3.8, 4) is 5.75 Å². The van der Waals surface area contributed by atoms with Gasteiger partial charge in [0.1, 0.15) is 17.9 Å². The first-order valence-corrected chi connectivity index (χ1v) is 16.2. The number of anilines is 1. The van der Waals surface area contributed by atoms with Gasteiger partial charge in [-0.05, 0) is 87.1 Å². The van der Waals surface area contributed by atoms with Crippen molar-refractivity contribution in [3.05, 3.63) is 70.9 Å². The lowest BCUT2D eigenvalue weighted by Gasteiger charge is -2.24. The van der Waals surface area contributed by atoms with Gasteiger partial charge in [-0.2, -0.15) is 8.78 Å². The number of aryl methyl sites for hydroxylation is 4. The normalized spacial score (nSPS) is 12.1. The van der Waals surface area contributed by atoms with Gasteiger partial charge in [-0.25, -0.2) is 4.98 Å². The molecular weight excluding hydrogens is 587 g/mol. The molecule has 0 bridgehead atoms. The molecule has 8 nitrogen and oxygen atoms in total. The number of rotatable bonds is 18. The fourth-order valence-corrected chi connectivity index (χ4v) is 6.00. The van der Waals surface area contributed by atoms with Crippen molar-refractivity contribution in [2.24, 2.45) is 0 Å². The monoisotopic (exact) mass is 629 g/mol. The van der Waals surface area contributed by atoms with Crippen LogP contribution in [0.4, 0.5) is 14.6 Å². The summed E-state index contributed by atoms with van der Waals surface area (Å²) < 4.78 is 55.3. The van der Waals surface area contributed by atoms with Crippen molar-refractivity contribution in [2.45, 2.75) is 52.6 Å². The Labute approximate surface area is 259 Å². The molecule has 0 radical (unpaired) electrons. The molecule has 11 heteroatoms. The maximum Gasteiger partial charge on any atom is 0.317 e. The Bertz CT molecular complexity index is 1520. The van der Waals surface area contributed by atoms with Crippen molar-refractivity contribution < 1.29 is 32.0 Å². The molecule has 2 N–H and O–H groups in total. The minimum Gasteiger partial charge on any atom is -0.491 e. The highest BCUT2D eigenvalue weighted by molar-refractivity contribution is 7.48. The van der Waals surface area contributed by atoms with Gasteiger partial charge in [-0.15, -0.1) is 0 Å². The zero-order valence-electron chi connectivity index (χ0n) is 25.9. The highest BCUT2D eigenvalue weighted by Gasteiger charge is 2.42. The van der Waals surface area contributed by atoms with Crippen LogP contribution < -0.4 is 10.5 Å². The Kier molecular flexibility index (Phi) is 12.6. The SMILES string of the molecule is CCOP(OCC)C(F)(F)CCOCCOCCOc1ccc(CCc2cnc3c(N)nc4cc(C)ccc4c3c2)c(C)c1. The maximum atomic E-state index is 14.2. The van der Waals surface area contributed by atoms with Crippen LogP contribution in [0.2, 0.25) is 0 Å². The number of pyridine rings is 2. The molecule has 44 heavy (non-hydrogen) atoms. The van der Waals surface area contributed by atoms with Crippen LogP contribution in [-0.2, 0) is 31.4 Å². The number of ether oxygens (including phenoxy) is 3. The van der Waals surface area contributed by atoms with Crippen LogP contribution in [0, 0.1) is 13.8 Å². The number of halogens is 2. The summed E-state index contributed by atoms with van der Waals surface area (Å²) in [4.78, 5) is 9.17. The average Bonchev–Trinajstić information content (AvgIpc) is 2.99. The number of aromatic nitrogens is 2. The van der Waals surface area contributed by atoms with Crippen LogP contribution in [0.25, 0.3) is 21.8 Å². The molecule has 0 saturated carbocycles. The van der Waals surface area contributed by atoms with Crippen molar-refractivity contribution in [3.63, 3.8) is 0 Å². The predicted octanol–water partition coefficient (Wildman–Crippen LogP) is 7.55. The molecule has 0 atom stereocenters. The van der Waals surface area contributed by atoms with Gasteiger partial charge in [0.25, 0.3) is 0 Å². The van der Waals surface area contributed by atoms with E-state index in [-0.39, 0.29) is 26.4 Å². The van der Waals surface area contributed by atoms with Crippen LogP contribution in [0.1, 0.15) is 42.5 Å². The van der Waals surface area contributed by atoms with Crippen LogP contribution in [0.5, 0.6) is 5.75 Å². The number of nitrogen functional groups attached to an aromatic ring is 1. The maximum absolute atomic E-state index is 14.2. The molecule has 2 aromatic heterocycles. The largest absolute Gasteiger partial charge is 0.491 e. The molecule has 0 saturated heterocycles. The van der Waals surface area contributed by atoms with E-state index in [2.05, 4.69) is 41.2 Å². The number of benzene rings is 2. The second-order valence-electron chi connectivity index (χ2n) is 10.4. The first-order chi connectivity index (χ1) is 21.2. The summed E-state index contributed by atoms with van der Waals surface area (Å²) in [6.07, 6.45) is 3.13. The molecule has 238 valence electrons. The van der Waals surface area contributed by atoms with Gasteiger partial charge in [0, 0.05) is 23.4 Å². The predicted molar refractivity (Wildman–Crippen MR) is 172 cm³/mol. The Morgan fingerprint density at radius 3 is 2.30 bits per heavy atom. The molecule has 0 aliphatic rings. The van der Waals surface area contributed by atoms with E-state index in [1.165, 1.54) is 5.56 Å². The molecule has 0 aliphatic carbocycles. The Balaban J connectivity index is 1.18. The van der Waals surface area contributed by atoms with E-state index in [1.54, 1.807) is 13.8 Å². The van der Waals surface area contributed by atoms with Gasteiger partial charge in [-0.3, -0.25) is 4.98 Å². The summed E-state index contributed by atoms with van der Waals surface area (Å²) in [7, 11) is -2.26. The van der Waals surface area contributed by atoms with E-state index in [1.807, 2.05) is 31.3 Å². The van der Waals surface area contributed by atoms with Crippen LogP contribution >= 0.6 is 8.38 Å². The topological polar surface area (TPSA) is 98.0 Å². The minimum absolute atomic E-state index is 0.0996. The third-order valence-corrected chi connectivity index (χ3v) is 8.79. The van der Waals surface area contributed by atoms with Crippen molar-refractivity contribution >= 4 is 36.0 Å². The summed E-state index contributed by atoms with van der Waals surface area (Å²) in [6.45, 7) is 8.97. The second kappa shape index (κ2) is 16.3. The lowest BCUT2D eigenvalue weighted by Crippen LogP contribution is -2.20. The molecule has 0 spiro atoms. The molecule has 4 rings (SSSR count). The third kappa shape index (κ3) is 9.25. The zero-order valence-corrected chi connectivity index (χ0v) is 26.8. The van der Waals surface area contributed by atoms with Crippen molar-refractivity contribution in [1.29, 1.82) is 0 Å². The highest BCUT2D eigenvalue weighted by atomic mass is 31.2. The first kappa shape index (κ1) is 33.9. The third-order valence-electron chi connectivity index (χ3n) is 7.04. The summed E-state index contributed by atoms with van der Waals surface area (Å²) in [6, 6.07) is 14.5. The van der Waals surface area contributed by atoms with E-state index >= 15 is 0 Å². The average molecular weight is 630 g/mol. The number of nitrogens with two attached hydrogens (primary N) is 1. The quantitative estimate of drug-likeness (QED) is 0.0685. The number of nitrogens with zero attached hydrogens (tertiary/aromatic N) is 2. The fourth-order valence-electron chi connectivity index (χ4n) is 4.80. The van der Waals surface area contributed by atoms with Crippen LogP contribution in [-0.4, -0.2) is 61.9 Å². The van der Waals surface area contributed by atoms with E-state index < -0.39 is 20.5 Å². The second-order valence-corrected chi connectivity index (χ2v) is 12.1. The Hall–Kier alpha value is -3.01. The fraction of sp³-hybridized carbons (Fsp3) is 0.455. The summed E-state index contributed by atoms with van der Waals surface area (Å²) >= 11 is 0. The highest BCUT2D eigenvalue weighted by Crippen LogP contribution is 2.55. The molecule has 4 aromatic rings. The van der Waals surface area contributed by atoms with E-state index in [4.69, 9.17) is 29.0 Å². The van der Waals surface area contributed by atoms with E-state index in [0.29, 0.717) is 25.6 Å². The van der Waals surface area contributed by atoms with Crippen LogP contribution in [0.3, 0.4) is 0 Å². The summed E-state index contributed by atoms with van der Waals surface area (Å²) in [5, 5.41) is 2.08. The van der Waals surface area contributed by atoms with Crippen molar-refractivity contribution in [2.75, 3.05) is 52.0 Å². The molecule has 0 fully saturated rings. The van der Waals surface area contributed by atoms with Gasteiger partial charge in [0.15, 0.2) is 5.82 Å². The molecule has 0 aliphatic heterocycles. The Morgan fingerprint density at radius 2 is 1.57 bits per heavy atom. The van der Waals surface area contributed by atoms with Gasteiger partial charge in [-0.1, -0.05) is 18.2 Å². The lowest BCUT2D eigenvalue weighted by atomic mass is 9.99. The number of hydrogen-bond acceptors (Lipinski definition) is 8. The molecule has 0 unspecified atom stereocenters. The van der Waals surface area contributed by atoms with E-state index in [0.717, 1.165) is 57.1 Å². The summed E-state index contributed by atoms with van der Waals surface area (Å²) in [5.74, 6) is 1.22. The van der Waals surface area contributed by atoms with Crippen LogP contribution in [0.15, 0.2) is 48.7 Å². The lowest BCUT2D eigenvalue weighted by molar-refractivity contribution is -0.00254. The standard InChI is InChI=1S/C33H42F2N3O5P/c1-5-42-44(43-6-2)33(34,35)13-14-39-15-16-40-17-18-41-27-11-10-26(24(4)20-27)9-8-25-21-29-28-12-7-23(3)19-30(28)38-32(36)31(29)37-22-25/h7,10-12,19-22H,5-6,8-9,13-18H2,1-4H3,(H2,36,38). The molecule has 2 heterocycles. The molecule has 0 amide bonds.